The molecule has 0 atom stereocenters. The number of hydrogen-bond acceptors (Lipinski definition) is 4. The van der Waals surface area contributed by atoms with Crippen LogP contribution >= 0.6 is 0 Å². The Morgan fingerprint density at radius 3 is 2.84 bits per heavy atom. The van der Waals surface area contributed by atoms with E-state index < -0.39 is 0 Å². The molecule has 0 aliphatic heterocycles. The third kappa shape index (κ3) is 2.59. The van der Waals surface area contributed by atoms with Crippen LogP contribution in [0.25, 0.3) is 16.9 Å². The molecule has 0 spiro atoms. The lowest BCUT2D eigenvalue weighted by atomic mass is 10.1. The Balaban J connectivity index is 1.87. The number of nitrogens with one attached hydrogen (secondary N) is 1. The van der Waals surface area contributed by atoms with Crippen molar-refractivity contribution in [2.75, 3.05) is 7.11 Å². The number of H-pyrrole nitrogens is 1. The van der Waals surface area contributed by atoms with Crippen LogP contribution in [-0.2, 0) is 6.54 Å². The van der Waals surface area contributed by atoms with Crippen LogP contribution in [0.5, 0.6) is 5.75 Å². The van der Waals surface area contributed by atoms with Crippen LogP contribution in [0.3, 0.4) is 0 Å². The zero-order valence-corrected chi connectivity index (χ0v) is 13.9. The van der Waals surface area contributed by atoms with Crippen molar-refractivity contribution in [3.63, 3.8) is 0 Å². The van der Waals surface area contributed by atoms with Crippen molar-refractivity contribution in [3.8, 4) is 17.0 Å². The molecular weight excluding hydrogens is 318 g/mol. The number of aryl methyl sites for hydroxylation is 1. The average molecular weight is 335 g/mol. The SMILES string of the molecule is COc1ccccc1-c1[nH]n2c(=O)cc(Cn3cccn3)nc2c1C. The highest BCUT2D eigenvalue weighted by Gasteiger charge is 2.16. The lowest BCUT2D eigenvalue weighted by Crippen LogP contribution is -2.17. The lowest BCUT2D eigenvalue weighted by Gasteiger charge is -2.06. The van der Waals surface area contributed by atoms with Crippen LogP contribution in [-0.4, -0.2) is 31.5 Å². The summed E-state index contributed by atoms with van der Waals surface area (Å²) >= 11 is 0. The van der Waals surface area contributed by atoms with Crippen molar-refractivity contribution in [1.82, 2.24) is 24.4 Å². The first-order valence-corrected chi connectivity index (χ1v) is 7.89. The van der Waals surface area contributed by atoms with Crippen molar-refractivity contribution in [2.24, 2.45) is 0 Å². The topological polar surface area (TPSA) is 77.2 Å². The molecule has 0 saturated carbocycles. The second-order valence-electron chi connectivity index (χ2n) is 5.76. The molecular formula is C18H17N5O2. The zero-order valence-electron chi connectivity index (χ0n) is 13.9. The maximum absolute atomic E-state index is 12.5. The molecule has 4 aromatic rings. The molecule has 1 aromatic carbocycles. The molecule has 0 aliphatic rings. The summed E-state index contributed by atoms with van der Waals surface area (Å²) in [4.78, 5) is 17.2. The molecule has 7 nitrogen and oxygen atoms in total. The van der Waals surface area contributed by atoms with Crippen molar-refractivity contribution in [3.05, 3.63) is 70.4 Å². The van der Waals surface area contributed by atoms with E-state index in [9.17, 15) is 4.79 Å². The average Bonchev–Trinajstić information content (AvgIpc) is 3.24. The van der Waals surface area contributed by atoms with Crippen LogP contribution in [0, 0.1) is 6.92 Å². The predicted octanol–water partition coefficient (Wildman–Crippen LogP) is 2.25. The van der Waals surface area contributed by atoms with E-state index in [1.54, 1.807) is 18.0 Å². The molecule has 0 radical (unpaired) electrons. The first-order valence-electron chi connectivity index (χ1n) is 7.89. The van der Waals surface area contributed by atoms with E-state index in [4.69, 9.17) is 4.74 Å². The monoisotopic (exact) mass is 335 g/mol. The first-order chi connectivity index (χ1) is 12.2. The number of hydrogen-bond donors (Lipinski definition) is 1. The van der Waals surface area contributed by atoms with Gasteiger partial charge in [-0.2, -0.15) is 5.10 Å². The molecule has 0 saturated heterocycles. The highest BCUT2D eigenvalue weighted by Crippen LogP contribution is 2.31. The standard InChI is InChI=1S/C18H17N5O2/c1-12-17(14-6-3-4-7-15(14)25-2)21-23-16(24)10-13(20-18(12)23)11-22-9-5-8-19-22/h3-10,21H,11H2,1-2H3. The van der Waals surface area contributed by atoms with E-state index in [1.807, 2.05) is 43.5 Å². The molecule has 0 bridgehead atoms. The number of aromatic nitrogens is 5. The largest absolute Gasteiger partial charge is 0.496 e. The normalized spacial score (nSPS) is 11.1. The molecule has 0 fully saturated rings. The van der Waals surface area contributed by atoms with Gasteiger partial charge in [-0.15, -0.1) is 0 Å². The van der Waals surface area contributed by atoms with Crippen LogP contribution < -0.4 is 10.3 Å². The van der Waals surface area contributed by atoms with E-state index in [1.165, 1.54) is 10.6 Å². The van der Waals surface area contributed by atoms with Gasteiger partial charge in [-0.25, -0.2) is 9.50 Å². The van der Waals surface area contributed by atoms with Crippen molar-refractivity contribution < 1.29 is 4.74 Å². The Hall–Kier alpha value is -3.35. The summed E-state index contributed by atoms with van der Waals surface area (Å²) in [5.41, 5.74) is 3.72. The molecule has 3 aromatic heterocycles. The number of fused-ring (bicyclic) bond motifs is 1. The van der Waals surface area contributed by atoms with Gasteiger partial charge in [0.15, 0.2) is 5.65 Å². The second-order valence-corrected chi connectivity index (χ2v) is 5.76. The molecule has 3 heterocycles. The van der Waals surface area contributed by atoms with E-state index in [-0.39, 0.29) is 5.56 Å². The van der Waals surface area contributed by atoms with Crippen LogP contribution in [0.2, 0.25) is 0 Å². The highest BCUT2D eigenvalue weighted by atomic mass is 16.5. The van der Waals surface area contributed by atoms with Gasteiger partial charge in [0.05, 0.1) is 25.0 Å². The molecule has 0 amide bonds. The summed E-state index contributed by atoms with van der Waals surface area (Å²) in [6.07, 6.45) is 3.54. The Kier molecular flexibility index (Phi) is 3.61. The zero-order chi connectivity index (χ0) is 17.4. The molecule has 126 valence electrons. The number of para-hydroxylation sites is 1. The van der Waals surface area contributed by atoms with Crippen molar-refractivity contribution in [2.45, 2.75) is 13.5 Å². The third-order valence-corrected chi connectivity index (χ3v) is 4.17. The molecule has 7 heteroatoms. The number of rotatable bonds is 4. The van der Waals surface area contributed by atoms with Gasteiger partial charge in [0.2, 0.25) is 0 Å². The van der Waals surface area contributed by atoms with Gasteiger partial charge in [-0.3, -0.25) is 14.6 Å². The van der Waals surface area contributed by atoms with E-state index in [2.05, 4.69) is 15.2 Å². The summed E-state index contributed by atoms with van der Waals surface area (Å²) in [6, 6.07) is 11.0. The fourth-order valence-electron chi connectivity index (χ4n) is 2.95. The summed E-state index contributed by atoms with van der Waals surface area (Å²) in [7, 11) is 1.63. The lowest BCUT2D eigenvalue weighted by molar-refractivity contribution is 0.416. The van der Waals surface area contributed by atoms with Gasteiger partial charge < -0.3 is 4.74 Å². The van der Waals surface area contributed by atoms with Crippen molar-refractivity contribution >= 4 is 5.65 Å². The van der Waals surface area contributed by atoms with E-state index in [0.29, 0.717) is 17.9 Å². The Morgan fingerprint density at radius 1 is 1.24 bits per heavy atom. The Labute approximate surface area is 143 Å². The number of benzene rings is 1. The van der Waals surface area contributed by atoms with Crippen molar-refractivity contribution in [1.29, 1.82) is 0 Å². The third-order valence-electron chi connectivity index (χ3n) is 4.17. The predicted molar refractivity (Wildman–Crippen MR) is 93.9 cm³/mol. The maximum Gasteiger partial charge on any atom is 0.272 e. The molecule has 25 heavy (non-hydrogen) atoms. The highest BCUT2D eigenvalue weighted by molar-refractivity contribution is 5.74. The minimum atomic E-state index is -0.156. The first kappa shape index (κ1) is 15.2. The minimum absolute atomic E-state index is 0.156. The van der Waals surface area contributed by atoms with Gasteiger partial charge in [0.25, 0.3) is 5.56 Å². The Morgan fingerprint density at radius 2 is 2.08 bits per heavy atom. The van der Waals surface area contributed by atoms with Gasteiger partial charge >= 0.3 is 0 Å². The summed E-state index contributed by atoms with van der Waals surface area (Å²) < 4.78 is 8.63. The van der Waals surface area contributed by atoms with Crippen LogP contribution in [0.15, 0.2) is 53.6 Å². The smallest absolute Gasteiger partial charge is 0.272 e. The molecule has 4 rings (SSSR count). The Bertz CT molecular complexity index is 1090. The molecule has 0 unspecified atom stereocenters. The molecule has 1 N–H and O–H groups in total. The van der Waals surface area contributed by atoms with Gasteiger partial charge in [-0.05, 0) is 25.1 Å². The van der Waals surface area contributed by atoms with E-state index in [0.717, 1.165) is 22.6 Å². The summed E-state index contributed by atoms with van der Waals surface area (Å²) in [5.74, 6) is 0.738. The minimum Gasteiger partial charge on any atom is -0.496 e. The number of ether oxygens (including phenoxy) is 1. The number of aromatic amines is 1. The van der Waals surface area contributed by atoms with Crippen LogP contribution in [0.4, 0.5) is 0 Å². The fraction of sp³-hybridized carbons (Fsp3) is 0.167. The van der Waals surface area contributed by atoms with Gasteiger partial charge in [0.1, 0.15) is 5.75 Å². The number of nitrogens with zero attached hydrogens (tertiary/aromatic N) is 4. The van der Waals surface area contributed by atoms with E-state index >= 15 is 0 Å². The fourth-order valence-corrected chi connectivity index (χ4v) is 2.95. The summed E-state index contributed by atoms with van der Waals surface area (Å²) in [6.45, 7) is 2.39. The maximum atomic E-state index is 12.5. The number of methoxy groups -OCH3 is 1. The van der Waals surface area contributed by atoms with Gasteiger partial charge in [0, 0.05) is 29.6 Å². The van der Waals surface area contributed by atoms with Crippen LogP contribution in [0.1, 0.15) is 11.3 Å². The quantitative estimate of drug-likeness (QED) is 0.620. The molecule has 0 aliphatic carbocycles. The van der Waals surface area contributed by atoms with Gasteiger partial charge in [-0.1, -0.05) is 12.1 Å². The second kappa shape index (κ2) is 5.94. The summed E-state index contributed by atoms with van der Waals surface area (Å²) in [5, 5.41) is 7.31.